The molecule has 5 N–H and O–H groups in total. The van der Waals surface area contributed by atoms with E-state index in [0.717, 1.165) is 30.8 Å². The van der Waals surface area contributed by atoms with Gasteiger partial charge in [-0.25, -0.2) is 0 Å². The molecule has 0 aliphatic carbocycles. The first kappa shape index (κ1) is 21.7. The Labute approximate surface area is 185 Å². The number of carbonyl (C=O) groups excluding carboxylic acids is 4. The van der Waals surface area contributed by atoms with E-state index in [-0.39, 0.29) is 30.5 Å². The van der Waals surface area contributed by atoms with Crippen molar-refractivity contribution >= 4 is 35.5 Å². The van der Waals surface area contributed by atoms with E-state index in [1.165, 1.54) is 6.21 Å². The van der Waals surface area contributed by atoms with E-state index < -0.39 is 29.7 Å². The lowest BCUT2D eigenvalue weighted by Gasteiger charge is -2.27. The van der Waals surface area contributed by atoms with Gasteiger partial charge in [-0.2, -0.15) is 0 Å². The Morgan fingerprint density at radius 2 is 1.91 bits per heavy atom. The fraction of sp³-hybridized carbons (Fsp3) is 0.409. The maximum Gasteiger partial charge on any atom is 0.264 e. The first-order valence-corrected chi connectivity index (χ1v) is 10.7. The Balaban J connectivity index is 1.48. The second kappa shape index (κ2) is 9.31. The van der Waals surface area contributed by atoms with Crippen LogP contribution in [0.2, 0.25) is 0 Å². The van der Waals surface area contributed by atoms with Crippen LogP contribution in [0.4, 0.5) is 5.69 Å². The largest absolute Gasteiger partial charge is 0.388 e. The predicted molar refractivity (Wildman–Crippen MR) is 117 cm³/mol. The maximum absolute atomic E-state index is 13.1. The summed E-state index contributed by atoms with van der Waals surface area (Å²) in [5, 5.41) is 19.7. The molecule has 1 aromatic carbocycles. The zero-order chi connectivity index (χ0) is 22.7. The van der Waals surface area contributed by atoms with E-state index in [1.807, 2.05) is 6.20 Å². The fourth-order valence-corrected chi connectivity index (χ4v) is 4.22. The number of nitrogens with zero attached hydrogens (tertiary/aromatic N) is 1. The molecule has 0 bridgehead atoms. The summed E-state index contributed by atoms with van der Waals surface area (Å²) in [4.78, 5) is 50.7. The molecule has 1 unspecified atom stereocenters. The van der Waals surface area contributed by atoms with Crippen molar-refractivity contribution in [3.8, 4) is 0 Å². The van der Waals surface area contributed by atoms with Gasteiger partial charge < -0.3 is 21.4 Å². The molecule has 0 spiro atoms. The highest BCUT2D eigenvalue weighted by Crippen LogP contribution is 2.32. The highest BCUT2D eigenvalue weighted by atomic mass is 16.2. The third-order valence-corrected chi connectivity index (χ3v) is 5.98. The molecule has 10 heteroatoms. The molecule has 0 aromatic heterocycles. The molecule has 10 nitrogen and oxygen atoms in total. The van der Waals surface area contributed by atoms with E-state index in [2.05, 4.69) is 21.3 Å². The van der Waals surface area contributed by atoms with Crippen LogP contribution < -0.4 is 21.3 Å². The molecule has 2 fully saturated rings. The molecule has 0 radical (unpaired) electrons. The van der Waals surface area contributed by atoms with Crippen molar-refractivity contribution in [2.45, 2.75) is 37.8 Å². The SMILES string of the molecule is N=C/C(=C\NC1CCNCC1)CNc1cccc2c1C(=O)N(C1CCC(=O)NC1=O)C2=O. The number of carbonyl (C=O) groups is 4. The maximum atomic E-state index is 13.1. The van der Waals surface area contributed by atoms with Gasteiger partial charge in [0.1, 0.15) is 6.04 Å². The van der Waals surface area contributed by atoms with Gasteiger partial charge >= 0.3 is 0 Å². The molecule has 1 atom stereocenters. The summed E-state index contributed by atoms with van der Waals surface area (Å²) >= 11 is 0. The summed E-state index contributed by atoms with van der Waals surface area (Å²) in [6, 6.07) is 4.27. The smallest absolute Gasteiger partial charge is 0.264 e. The van der Waals surface area contributed by atoms with Gasteiger partial charge in [-0.05, 0) is 44.5 Å². The van der Waals surface area contributed by atoms with Crippen LogP contribution >= 0.6 is 0 Å². The van der Waals surface area contributed by atoms with Gasteiger partial charge in [-0.3, -0.25) is 29.4 Å². The summed E-state index contributed by atoms with van der Waals surface area (Å²) in [6.45, 7) is 2.21. The zero-order valence-electron chi connectivity index (χ0n) is 17.6. The first-order chi connectivity index (χ1) is 15.5. The Hall–Kier alpha value is -3.53. The van der Waals surface area contributed by atoms with E-state index in [1.54, 1.807) is 18.2 Å². The minimum Gasteiger partial charge on any atom is -0.388 e. The Morgan fingerprint density at radius 1 is 1.12 bits per heavy atom. The Kier molecular flexibility index (Phi) is 6.31. The van der Waals surface area contributed by atoms with E-state index >= 15 is 0 Å². The quantitative estimate of drug-likeness (QED) is 0.306. The number of nitrogens with one attached hydrogen (secondary N) is 5. The van der Waals surface area contributed by atoms with Crippen LogP contribution in [0.5, 0.6) is 0 Å². The predicted octanol–water partition coefficient (Wildman–Crippen LogP) is 0.375. The van der Waals surface area contributed by atoms with Crippen LogP contribution in [0, 0.1) is 5.41 Å². The van der Waals surface area contributed by atoms with Crippen LogP contribution in [-0.2, 0) is 9.59 Å². The van der Waals surface area contributed by atoms with Crippen molar-refractivity contribution in [3.63, 3.8) is 0 Å². The van der Waals surface area contributed by atoms with Crippen LogP contribution in [0.3, 0.4) is 0 Å². The highest BCUT2D eigenvalue weighted by Gasteiger charge is 2.45. The summed E-state index contributed by atoms with van der Waals surface area (Å²) in [6.07, 6.45) is 5.26. The standard InChI is InChI=1S/C22H26N6O4/c23-10-13(11-25-14-6-8-24-9-7-14)12-26-16-3-1-2-15-19(16)22(32)28(21(15)31)17-4-5-18(29)27-20(17)30/h1-3,10-11,14,17,23-26H,4-9,12H2,(H,27,29,30)/b13-11+,23-10?. The number of amides is 4. The van der Waals surface area contributed by atoms with Crippen molar-refractivity contribution in [1.29, 1.82) is 5.41 Å². The van der Waals surface area contributed by atoms with Crippen LogP contribution in [0.15, 0.2) is 30.0 Å². The molecule has 4 rings (SSSR count). The second-order valence-corrected chi connectivity index (χ2v) is 8.08. The molecule has 4 amide bonds. The van der Waals surface area contributed by atoms with Crippen LogP contribution in [-0.4, -0.2) is 66.5 Å². The lowest BCUT2D eigenvalue weighted by molar-refractivity contribution is -0.136. The van der Waals surface area contributed by atoms with Crippen LogP contribution in [0.25, 0.3) is 0 Å². The normalized spacial score (nSPS) is 21.9. The monoisotopic (exact) mass is 438 g/mol. The topological polar surface area (TPSA) is 143 Å². The van der Waals surface area contributed by atoms with Gasteiger partial charge in [-0.1, -0.05) is 6.07 Å². The van der Waals surface area contributed by atoms with Gasteiger partial charge in [0, 0.05) is 42.7 Å². The Bertz CT molecular complexity index is 998. The van der Waals surface area contributed by atoms with Gasteiger partial charge in [0.05, 0.1) is 11.1 Å². The third-order valence-electron chi connectivity index (χ3n) is 5.98. The minimum atomic E-state index is -1.00. The molecule has 3 aliphatic rings. The number of benzene rings is 1. The number of hydrogen-bond acceptors (Lipinski definition) is 8. The first-order valence-electron chi connectivity index (χ1n) is 10.7. The van der Waals surface area contributed by atoms with Crippen molar-refractivity contribution in [1.82, 2.24) is 20.9 Å². The highest BCUT2D eigenvalue weighted by molar-refractivity contribution is 6.25. The second-order valence-electron chi connectivity index (χ2n) is 8.08. The lowest BCUT2D eigenvalue weighted by atomic mass is 10.0. The number of piperidine rings is 2. The van der Waals surface area contributed by atoms with E-state index in [0.29, 0.717) is 17.3 Å². The fourth-order valence-electron chi connectivity index (χ4n) is 4.22. The molecule has 2 saturated heterocycles. The molecular weight excluding hydrogens is 412 g/mol. The lowest BCUT2D eigenvalue weighted by Crippen LogP contribution is -2.54. The van der Waals surface area contributed by atoms with E-state index in [9.17, 15) is 19.2 Å². The summed E-state index contributed by atoms with van der Waals surface area (Å²) < 4.78 is 0. The molecule has 3 aliphatic heterocycles. The summed E-state index contributed by atoms with van der Waals surface area (Å²) in [5.41, 5.74) is 1.58. The van der Waals surface area contributed by atoms with Crippen molar-refractivity contribution in [3.05, 3.63) is 41.1 Å². The molecule has 3 heterocycles. The average molecular weight is 438 g/mol. The zero-order valence-corrected chi connectivity index (χ0v) is 17.6. The van der Waals surface area contributed by atoms with Gasteiger partial charge in [0.15, 0.2) is 0 Å². The molecule has 0 saturated carbocycles. The van der Waals surface area contributed by atoms with Crippen molar-refractivity contribution in [2.75, 3.05) is 25.0 Å². The number of rotatable bonds is 7. The number of anilines is 1. The van der Waals surface area contributed by atoms with Crippen LogP contribution in [0.1, 0.15) is 46.4 Å². The van der Waals surface area contributed by atoms with Gasteiger partial charge in [0.2, 0.25) is 11.8 Å². The minimum absolute atomic E-state index is 0.0759. The summed E-state index contributed by atoms with van der Waals surface area (Å²) in [5.74, 6) is -2.15. The average Bonchev–Trinajstić information content (AvgIpc) is 3.05. The number of hydrogen-bond donors (Lipinski definition) is 5. The molecule has 32 heavy (non-hydrogen) atoms. The van der Waals surface area contributed by atoms with Gasteiger partial charge in [-0.15, -0.1) is 0 Å². The van der Waals surface area contributed by atoms with Crippen molar-refractivity contribution < 1.29 is 19.2 Å². The number of imide groups is 2. The number of fused-ring (bicyclic) bond motifs is 1. The third kappa shape index (κ3) is 4.26. The van der Waals surface area contributed by atoms with Gasteiger partial charge in [0.25, 0.3) is 11.8 Å². The molecule has 168 valence electrons. The summed E-state index contributed by atoms with van der Waals surface area (Å²) in [7, 11) is 0. The molecular formula is C22H26N6O4. The van der Waals surface area contributed by atoms with Crippen molar-refractivity contribution in [2.24, 2.45) is 0 Å². The van der Waals surface area contributed by atoms with E-state index in [4.69, 9.17) is 5.41 Å². The molecule has 1 aromatic rings. The Morgan fingerprint density at radius 3 is 2.62 bits per heavy atom.